The average molecular weight is 347 g/mol. The molecule has 4 heteroatoms. The Balaban J connectivity index is 1.37. The Morgan fingerprint density at radius 1 is 1.15 bits per heavy atom. The number of urea groups is 1. The largest absolute Gasteiger partial charge is 0.326 e. The summed E-state index contributed by atoms with van der Waals surface area (Å²) in [6.45, 7) is 0.762. The van der Waals surface area contributed by atoms with Crippen LogP contribution >= 0.6 is 0 Å². The molecule has 1 aromatic heterocycles. The van der Waals surface area contributed by atoms with E-state index in [1.54, 1.807) is 12.4 Å². The lowest BCUT2D eigenvalue weighted by Gasteiger charge is -2.39. The molecule has 2 aliphatic carbocycles. The molecule has 1 aliphatic heterocycles. The first-order chi connectivity index (χ1) is 12.8. The fourth-order valence-electron chi connectivity index (χ4n) is 5.04. The Morgan fingerprint density at radius 2 is 2.04 bits per heavy atom. The molecule has 2 aromatic rings. The number of rotatable bonds is 2. The van der Waals surface area contributed by atoms with Gasteiger partial charge in [-0.2, -0.15) is 0 Å². The van der Waals surface area contributed by atoms with Gasteiger partial charge in [0.25, 0.3) is 0 Å². The van der Waals surface area contributed by atoms with Gasteiger partial charge in [0.15, 0.2) is 0 Å². The maximum absolute atomic E-state index is 12.8. The van der Waals surface area contributed by atoms with E-state index in [2.05, 4.69) is 22.4 Å². The van der Waals surface area contributed by atoms with E-state index in [-0.39, 0.29) is 6.03 Å². The normalized spacial score (nSPS) is 21.7. The third kappa shape index (κ3) is 2.68. The molecule has 4 nitrogen and oxygen atoms in total. The van der Waals surface area contributed by atoms with Crippen LogP contribution in [-0.4, -0.2) is 17.6 Å². The van der Waals surface area contributed by atoms with Crippen molar-refractivity contribution in [3.8, 4) is 0 Å². The fraction of sp³-hybridized carbons (Fsp3) is 0.455. The number of nitrogens with one attached hydrogen (secondary N) is 1. The summed E-state index contributed by atoms with van der Waals surface area (Å²) in [6, 6.07) is 8.35. The van der Waals surface area contributed by atoms with Crippen LogP contribution in [0.2, 0.25) is 0 Å². The molecule has 0 spiro atoms. The number of aromatic nitrogens is 1. The highest BCUT2D eigenvalue weighted by Crippen LogP contribution is 2.48. The van der Waals surface area contributed by atoms with Crippen LogP contribution in [0.1, 0.15) is 54.7 Å². The minimum Gasteiger partial charge on any atom is -0.306 e. The van der Waals surface area contributed by atoms with Crippen molar-refractivity contribution >= 4 is 17.4 Å². The van der Waals surface area contributed by atoms with Gasteiger partial charge >= 0.3 is 6.03 Å². The molecule has 2 heterocycles. The summed E-state index contributed by atoms with van der Waals surface area (Å²) in [5.41, 5.74) is 6.22. The second-order valence-corrected chi connectivity index (χ2v) is 7.96. The Labute approximate surface area is 154 Å². The van der Waals surface area contributed by atoms with Gasteiger partial charge in [-0.05, 0) is 72.4 Å². The summed E-state index contributed by atoms with van der Waals surface area (Å²) in [4.78, 5) is 18.7. The molecule has 1 aromatic carbocycles. The van der Waals surface area contributed by atoms with Crippen molar-refractivity contribution in [1.29, 1.82) is 0 Å². The number of nitrogens with zero attached hydrogens (tertiary/aromatic N) is 2. The predicted molar refractivity (Wildman–Crippen MR) is 104 cm³/mol. The summed E-state index contributed by atoms with van der Waals surface area (Å²) in [5.74, 6) is 1.58. The molecule has 2 amide bonds. The molecule has 1 saturated carbocycles. The van der Waals surface area contributed by atoms with Crippen LogP contribution < -0.4 is 10.2 Å². The Bertz CT molecular complexity index is 827. The van der Waals surface area contributed by atoms with Crippen LogP contribution in [0, 0.1) is 5.92 Å². The summed E-state index contributed by atoms with van der Waals surface area (Å²) in [7, 11) is 0. The monoisotopic (exact) mass is 347 g/mol. The quantitative estimate of drug-likeness (QED) is 0.840. The van der Waals surface area contributed by atoms with Crippen molar-refractivity contribution in [2.24, 2.45) is 5.92 Å². The van der Waals surface area contributed by atoms with Crippen LogP contribution in [0.4, 0.5) is 16.2 Å². The van der Waals surface area contributed by atoms with Gasteiger partial charge in [0.1, 0.15) is 0 Å². The van der Waals surface area contributed by atoms with E-state index in [1.165, 1.54) is 55.2 Å². The minimum atomic E-state index is -0.0507. The highest BCUT2D eigenvalue weighted by molar-refractivity contribution is 6.03. The van der Waals surface area contributed by atoms with E-state index >= 15 is 0 Å². The molecule has 5 rings (SSSR count). The van der Waals surface area contributed by atoms with Crippen LogP contribution in [-0.2, 0) is 12.8 Å². The second kappa shape index (κ2) is 6.42. The van der Waals surface area contributed by atoms with Crippen molar-refractivity contribution < 1.29 is 4.79 Å². The van der Waals surface area contributed by atoms with Crippen molar-refractivity contribution in [3.63, 3.8) is 0 Å². The molecule has 3 aliphatic rings. The minimum absolute atomic E-state index is 0.0507. The van der Waals surface area contributed by atoms with Gasteiger partial charge in [-0.1, -0.05) is 25.3 Å². The predicted octanol–water partition coefficient (Wildman–Crippen LogP) is 4.90. The van der Waals surface area contributed by atoms with Gasteiger partial charge in [0.2, 0.25) is 0 Å². The van der Waals surface area contributed by atoms with Crippen molar-refractivity contribution in [2.45, 2.75) is 50.9 Å². The molecule has 134 valence electrons. The SMILES string of the molecule is O=C(Nc1cccnc1)N1CCc2cc3c(cc21)C(C1CCCCC1)C3. The Hall–Kier alpha value is -2.36. The summed E-state index contributed by atoms with van der Waals surface area (Å²) in [5, 5.41) is 2.98. The summed E-state index contributed by atoms with van der Waals surface area (Å²) >= 11 is 0. The summed E-state index contributed by atoms with van der Waals surface area (Å²) in [6.07, 6.45) is 12.5. The molecule has 0 bridgehead atoms. The van der Waals surface area contributed by atoms with Crippen LogP contribution in [0.5, 0.6) is 0 Å². The number of anilines is 2. The lowest BCUT2D eigenvalue weighted by molar-refractivity contribution is 0.257. The van der Waals surface area contributed by atoms with E-state index in [9.17, 15) is 4.79 Å². The zero-order valence-electron chi connectivity index (χ0n) is 15.1. The molecule has 1 N–H and O–H groups in total. The average Bonchev–Trinajstić information content (AvgIpc) is 3.08. The molecule has 1 unspecified atom stereocenters. The number of pyridine rings is 1. The maximum Gasteiger partial charge on any atom is 0.326 e. The molecule has 1 fully saturated rings. The topological polar surface area (TPSA) is 45.2 Å². The van der Waals surface area contributed by atoms with Gasteiger partial charge in [0, 0.05) is 18.4 Å². The van der Waals surface area contributed by atoms with Crippen molar-refractivity contribution in [1.82, 2.24) is 4.98 Å². The first kappa shape index (κ1) is 15.9. The third-order valence-corrected chi connectivity index (χ3v) is 6.45. The number of fused-ring (bicyclic) bond motifs is 2. The van der Waals surface area contributed by atoms with Crippen LogP contribution in [0.15, 0.2) is 36.7 Å². The smallest absolute Gasteiger partial charge is 0.306 e. The summed E-state index contributed by atoms with van der Waals surface area (Å²) < 4.78 is 0. The Morgan fingerprint density at radius 3 is 2.85 bits per heavy atom. The van der Waals surface area contributed by atoms with Crippen LogP contribution in [0.3, 0.4) is 0 Å². The van der Waals surface area contributed by atoms with Gasteiger partial charge < -0.3 is 5.32 Å². The van der Waals surface area contributed by atoms with E-state index in [0.717, 1.165) is 36.2 Å². The standard InChI is InChI=1S/C22H25N3O/c26-22(24-18-7-4-9-23-14-18)25-10-8-16-11-17-12-19(20(17)13-21(16)25)15-5-2-1-3-6-15/h4,7,9,11,13-15,19H,1-3,5-6,8,10,12H2,(H,24,26). The third-order valence-electron chi connectivity index (χ3n) is 6.45. The number of hydrogen-bond acceptors (Lipinski definition) is 2. The number of carbonyl (C=O) groups is 1. The van der Waals surface area contributed by atoms with Gasteiger partial charge in [0.05, 0.1) is 11.9 Å². The zero-order chi connectivity index (χ0) is 17.5. The number of hydrogen-bond donors (Lipinski definition) is 1. The first-order valence-electron chi connectivity index (χ1n) is 9.94. The highest BCUT2D eigenvalue weighted by Gasteiger charge is 2.36. The first-order valence-corrected chi connectivity index (χ1v) is 9.94. The number of carbonyl (C=O) groups excluding carboxylic acids is 1. The van der Waals surface area contributed by atoms with E-state index < -0.39 is 0 Å². The fourth-order valence-corrected chi connectivity index (χ4v) is 5.04. The lowest BCUT2D eigenvalue weighted by Crippen LogP contribution is -2.34. The van der Waals surface area contributed by atoms with E-state index in [0.29, 0.717) is 0 Å². The van der Waals surface area contributed by atoms with Crippen LogP contribution in [0.25, 0.3) is 0 Å². The number of amides is 2. The maximum atomic E-state index is 12.8. The molecule has 0 radical (unpaired) electrons. The zero-order valence-corrected chi connectivity index (χ0v) is 15.1. The molecular formula is C22H25N3O. The molecule has 0 saturated heterocycles. The van der Waals surface area contributed by atoms with E-state index in [1.807, 2.05) is 17.0 Å². The number of benzene rings is 1. The van der Waals surface area contributed by atoms with Gasteiger partial charge in [-0.3, -0.25) is 9.88 Å². The van der Waals surface area contributed by atoms with E-state index in [4.69, 9.17) is 0 Å². The molecule has 1 atom stereocenters. The molecule has 26 heavy (non-hydrogen) atoms. The van der Waals surface area contributed by atoms with Gasteiger partial charge in [-0.25, -0.2) is 4.79 Å². The van der Waals surface area contributed by atoms with Crippen molar-refractivity contribution in [3.05, 3.63) is 53.3 Å². The van der Waals surface area contributed by atoms with Crippen molar-refractivity contribution in [2.75, 3.05) is 16.8 Å². The second-order valence-electron chi connectivity index (χ2n) is 7.96. The van der Waals surface area contributed by atoms with Gasteiger partial charge in [-0.15, -0.1) is 0 Å². The highest BCUT2D eigenvalue weighted by atomic mass is 16.2. The Kier molecular flexibility index (Phi) is 3.92. The molecular weight excluding hydrogens is 322 g/mol. The lowest BCUT2D eigenvalue weighted by atomic mass is 9.66.